The standard InChI is InChI=1S/C10H10N8O/c1-5-3-6(15-17(5)2)9-14-13-8-4-7(10(19)12-11)16-18(8)9/h3-4,11,16H,1-2H3. The van der Waals surface area contributed by atoms with Crippen LogP contribution in [0.15, 0.2) is 17.2 Å². The van der Waals surface area contributed by atoms with E-state index >= 15 is 0 Å². The molecule has 0 atom stereocenters. The fourth-order valence-electron chi connectivity index (χ4n) is 1.79. The van der Waals surface area contributed by atoms with Gasteiger partial charge in [0, 0.05) is 18.8 Å². The second kappa shape index (κ2) is 3.83. The number of aromatic amines is 1. The molecule has 0 spiro atoms. The largest absolute Gasteiger partial charge is 0.312 e. The molecule has 96 valence electrons. The van der Waals surface area contributed by atoms with Crippen molar-refractivity contribution in [2.75, 3.05) is 0 Å². The van der Waals surface area contributed by atoms with E-state index < -0.39 is 5.91 Å². The molecule has 9 heteroatoms. The van der Waals surface area contributed by atoms with Gasteiger partial charge in [0.25, 0.3) is 0 Å². The maximum Gasteiger partial charge on any atom is 0.312 e. The van der Waals surface area contributed by atoms with Crippen LogP contribution in [0.5, 0.6) is 0 Å². The first-order valence-corrected chi connectivity index (χ1v) is 5.47. The Balaban J connectivity index is 2.16. The summed E-state index contributed by atoms with van der Waals surface area (Å²) in [6, 6.07) is 3.36. The molecule has 0 radical (unpaired) electrons. The smallest absolute Gasteiger partial charge is 0.285 e. The first-order valence-electron chi connectivity index (χ1n) is 5.47. The number of fused-ring (bicyclic) bond motifs is 1. The number of amides is 1. The molecule has 3 heterocycles. The minimum atomic E-state index is -0.659. The van der Waals surface area contributed by atoms with Crippen molar-refractivity contribution in [1.82, 2.24) is 29.6 Å². The van der Waals surface area contributed by atoms with Gasteiger partial charge in [0.1, 0.15) is 11.4 Å². The molecule has 0 unspecified atom stereocenters. The van der Waals surface area contributed by atoms with Gasteiger partial charge in [-0.2, -0.15) is 5.10 Å². The van der Waals surface area contributed by atoms with Crippen molar-refractivity contribution in [2.45, 2.75) is 6.92 Å². The number of nitrogens with zero attached hydrogens (tertiary/aromatic N) is 6. The number of nitrogens with one attached hydrogen (secondary N) is 2. The average molecular weight is 258 g/mol. The molecule has 19 heavy (non-hydrogen) atoms. The molecule has 0 bridgehead atoms. The van der Waals surface area contributed by atoms with E-state index in [1.54, 1.807) is 9.20 Å². The van der Waals surface area contributed by atoms with Crippen LogP contribution in [-0.4, -0.2) is 35.5 Å². The van der Waals surface area contributed by atoms with Crippen LogP contribution in [-0.2, 0) is 7.05 Å². The van der Waals surface area contributed by atoms with Gasteiger partial charge < -0.3 is 0 Å². The van der Waals surface area contributed by atoms with Crippen molar-refractivity contribution < 1.29 is 4.79 Å². The highest BCUT2D eigenvalue weighted by molar-refractivity contribution is 5.93. The number of aryl methyl sites for hydroxylation is 2. The van der Waals surface area contributed by atoms with Gasteiger partial charge in [0.05, 0.1) is 0 Å². The molecule has 0 aliphatic heterocycles. The number of carbonyl (C=O) groups is 1. The predicted molar refractivity (Wildman–Crippen MR) is 63.8 cm³/mol. The monoisotopic (exact) mass is 258 g/mol. The first-order chi connectivity index (χ1) is 9.10. The van der Waals surface area contributed by atoms with Gasteiger partial charge in [0.15, 0.2) is 5.65 Å². The highest BCUT2D eigenvalue weighted by atomic mass is 16.1. The van der Waals surface area contributed by atoms with Crippen LogP contribution < -0.4 is 0 Å². The van der Waals surface area contributed by atoms with E-state index in [1.807, 2.05) is 20.0 Å². The molecule has 0 aliphatic rings. The first kappa shape index (κ1) is 11.3. The van der Waals surface area contributed by atoms with E-state index in [0.717, 1.165) is 5.69 Å². The van der Waals surface area contributed by atoms with Crippen molar-refractivity contribution in [3.63, 3.8) is 0 Å². The molecule has 3 aromatic heterocycles. The summed E-state index contributed by atoms with van der Waals surface area (Å²) in [6.45, 7) is 1.93. The van der Waals surface area contributed by atoms with Gasteiger partial charge in [-0.25, -0.2) is 10.0 Å². The fraction of sp³-hybridized carbons (Fsp3) is 0.200. The summed E-state index contributed by atoms with van der Waals surface area (Å²) in [5.41, 5.74) is 9.01. The zero-order valence-electron chi connectivity index (χ0n) is 10.2. The number of H-pyrrole nitrogens is 1. The second-order valence-corrected chi connectivity index (χ2v) is 4.10. The third-order valence-corrected chi connectivity index (χ3v) is 2.87. The van der Waals surface area contributed by atoms with Gasteiger partial charge in [-0.1, -0.05) is 0 Å². The Kier molecular flexibility index (Phi) is 2.27. The van der Waals surface area contributed by atoms with E-state index in [2.05, 4.69) is 25.5 Å². The average Bonchev–Trinajstić information content (AvgIpc) is 3.03. The second-order valence-electron chi connectivity index (χ2n) is 4.10. The lowest BCUT2D eigenvalue weighted by atomic mass is 10.3. The minimum absolute atomic E-state index is 0.189. The van der Waals surface area contributed by atoms with Gasteiger partial charge in [-0.15, -0.1) is 15.3 Å². The summed E-state index contributed by atoms with van der Waals surface area (Å²) in [4.78, 5) is 11.3. The fourth-order valence-corrected chi connectivity index (χ4v) is 1.79. The van der Waals surface area contributed by atoms with E-state index in [1.165, 1.54) is 6.07 Å². The van der Waals surface area contributed by atoms with E-state index in [0.29, 0.717) is 17.2 Å². The third-order valence-electron chi connectivity index (χ3n) is 2.87. The van der Waals surface area contributed by atoms with Crippen molar-refractivity contribution in [2.24, 2.45) is 12.2 Å². The Morgan fingerprint density at radius 3 is 2.84 bits per heavy atom. The van der Waals surface area contributed by atoms with Gasteiger partial charge in [0.2, 0.25) is 5.82 Å². The van der Waals surface area contributed by atoms with Crippen molar-refractivity contribution >= 4 is 11.6 Å². The van der Waals surface area contributed by atoms with Crippen LogP contribution in [0.4, 0.5) is 0 Å². The molecular weight excluding hydrogens is 248 g/mol. The third kappa shape index (κ3) is 1.63. The molecule has 0 saturated carbocycles. The van der Waals surface area contributed by atoms with Gasteiger partial charge >= 0.3 is 5.91 Å². The summed E-state index contributed by atoms with van der Waals surface area (Å²) >= 11 is 0. The highest BCUT2D eigenvalue weighted by Gasteiger charge is 2.16. The van der Waals surface area contributed by atoms with Gasteiger partial charge in [-0.05, 0) is 13.0 Å². The molecule has 0 saturated heterocycles. The molecule has 0 aromatic carbocycles. The number of hydrogen-bond acceptors (Lipinski definition) is 5. The lowest BCUT2D eigenvalue weighted by molar-refractivity contribution is 0.0986. The predicted octanol–water partition coefficient (Wildman–Crippen LogP) is 0.937. The Morgan fingerprint density at radius 2 is 2.21 bits per heavy atom. The maximum atomic E-state index is 11.3. The van der Waals surface area contributed by atoms with Crippen LogP contribution in [0.25, 0.3) is 17.2 Å². The minimum Gasteiger partial charge on any atom is -0.285 e. The zero-order chi connectivity index (χ0) is 13.6. The summed E-state index contributed by atoms with van der Waals surface area (Å²) in [6.07, 6.45) is 0. The quantitative estimate of drug-likeness (QED) is 0.665. The molecule has 2 N–H and O–H groups in total. The summed E-state index contributed by atoms with van der Waals surface area (Å²) in [7, 11) is 1.83. The Labute approximate surface area is 106 Å². The molecule has 0 aliphatic carbocycles. The summed E-state index contributed by atoms with van der Waals surface area (Å²) < 4.78 is 3.27. The Bertz CT molecular complexity index is 772. The van der Waals surface area contributed by atoms with E-state index in [4.69, 9.17) is 5.53 Å². The number of rotatable bonds is 2. The lowest BCUT2D eigenvalue weighted by Crippen LogP contribution is -1.98. The molecule has 9 nitrogen and oxygen atoms in total. The maximum absolute atomic E-state index is 11.3. The van der Waals surface area contributed by atoms with Crippen molar-refractivity contribution in [1.29, 1.82) is 5.53 Å². The Morgan fingerprint density at radius 1 is 1.42 bits per heavy atom. The molecular formula is C10H10N8O. The van der Waals surface area contributed by atoms with Crippen molar-refractivity contribution in [3.05, 3.63) is 23.5 Å². The number of aromatic nitrogens is 6. The van der Waals surface area contributed by atoms with Crippen LogP contribution >= 0.6 is 0 Å². The van der Waals surface area contributed by atoms with Crippen LogP contribution in [0.3, 0.4) is 0 Å². The lowest BCUT2D eigenvalue weighted by Gasteiger charge is -1.92. The number of hydrogen-bond donors (Lipinski definition) is 2. The van der Waals surface area contributed by atoms with Crippen molar-refractivity contribution in [3.8, 4) is 11.5 Å². The molecule has 0 fully saturated rings. The molecule has 1 amide bonds. The van der Waals surface area contributed by atoms with E-state index in [9.17, 15) is 4.79 Å². The van der Waals surface area contributed by atoms with Crippen LogP contribution in [0, 0.1) is 12.5 Å². The SMILES string of the molecule is Cc1cc(-c2nnc3cc(C(=O)N=N)[nH]n23)nn1C. The molecule has 3 aromatic rings. The van der Waals surface area contributed by atoms with Gasteiger partial charge in [-0.3, -0.25) is 14.6 Å². The topological polar surface area (TPSA) is 117 Å². The highest BCUT2D eigenvalue weighted by Crippen LogP contribution is 2.18. The number of carbonyl (C=O) groups excluding carboxylic acids is 1. The van der Waals surface area contributed by atoms with Crippen LogP contribution in [0.2, 0.25) is 0 Å². The zero-order valence-corrected chi connectivity index (χ0v) is 10.2. The summed E-state index contributed by atoms with van der Waals surface area (Å²) in [5, 5.41) is 17.9. The normalized spacial score (nSPS) is 11.1. The molecule has 3 rings (SSSR count). The Hall–Kier alpha value is -2.84. The summed E-state index contributed by atoms with van der Waals surface area (Å²) in [5.74, 6) is -0.156. The van der Waals surface area contributed by atoms with E-state index in [-0.39, 0.29) is 5.69 Å². The van der Waals surface area contributed by atoms with Crippen LogP contribution in [0.1, 0.15) is 16.2 Å².